The van der Waals surface area contributed by atoms with E-state index in [4.69, 9.17) is 5.11 Å². The minimum Gasteiger partial charge on any atom is -0.395 e. The van der Waals surface area contributed by atoms with E-state index >= 15 is 0 Å². The van der Waals surface area contributed by atoms with E-state index in [-0.39, 0.29) is 0 Å². The molecule has 1 aliphatic rings. The predicted molar refractivity (Wildman–Crippen MR) is 63.9 cm³/mol. The fourth-order valence-corrected chi connectivity index (χ4v) is 2.27. The second-order valence-electron chi connectivity index (χ2n) is 4.29. The minimum atomic E-state index is 0.294. The van der Waals surface area contributed by atoms with Gasteiger partial charge in [0.25, 0.3) is 0 Å². The van der Waals surface area contributed by atoms with Gasteiger partial charge in [0.05, 0.1) is 6.61 Å². The Morgan fingerprint density at radius 3 is 2.64 bits per heavy atom. The van der Waals surface area contributed by atoms with Crippen LogP contribution in [-0.2, 0) is 0 Å². The summed E-state index contributed by atoms with van der Waals surface area (Å²) in [5, 5.41) is 8.97. The van der Waals surface area contributed by atoms with Gasteiger partial charge in [-0.25, -0.2) is 0 Å². The van der Waals surface area contributed by atoms with E-state index in [2.05, 4.69) is 24.5 Å². The third-order valence-electron chi connectivity index (χ3n) is 2.90. The van der Waals surface area contributed by atoms with Gasteiger partial charge in [0.15, 0.2) is 0 Å². The molecular formula is C11H23NOS. The van der Waals surface area contributed by atoms with Crippen molar-refractivity contribution in [3.63, 3.8) is 0 Å². The first-order chi connectivity index (χ1) is 6.81. The molecule has 2 nitrogen and oxygen atoms in total. The van der Waals surface area contributed by atoms with E-state index in [1.165, 1.54) is 25.7 Å². The monoisotopic (exact) mass is 217 g/mol. The van der Waals surface area contributed by atoms with Gasteiger partial charge in [0.1, 0.15) is 0 Å². The van der Waals surface area contributed by atoms with Gasteiger partial charge in [-0.2, -0.15) is 12.6 Å². The van der Waals surface area contributed by atoms with Gasteiger partial charge in [0.2, 0.25) is 0 Å². The van der Waals surface area contributed by atoms with Crippen LogP contribution in [0.15, 0.2) is 0 Å². The smallest absolute Gasteiger partial charge is 0.0558 e. The molecular weight excluding hydrogens is 194 g/mol. The van der Waals surface area contributed by atoms with Crippen molar-refractivity contribution in [2.75, 3.05) is 25.4 Å². The van der Waals surface area contributed by atoms with E-state index < -0.39 is 0 Å². The predicted octanol–water partition coefficient (Wildman–Crippen LogP) is 1.79. The van der Waals surface area contributed by atoms with Crippen LogP contribution in [0.4, 0.5) is 0 Å². The zero-order valence-corrected chi connectivity index (χ0v) is 10.0. The van der Waals surface area contributed by atoms with Crippen LogP contribution >= 0.6 is 12.6 Å². The molecule has 3 heteroatoms. The Morgan fingerprint density at radius 2 is 2.21 bits per heavy atom. The molecule has 84 valence electrons. The van der Waals surface area contributed by atoms with Gasteiger partial charge in [-0.3, -0.25) is 4.90 Å². The molecule has 0 saturated heterocycles. The van der Waals surface area contributed by atoms with Crippen molar-refractivity contribution in [2.24, 2.45) is 5.92 Å². The molecule has 0 spiro atoms. The van der Waals surface area contributed by atoms with Crippen LogP contribution < -0.4 is 0 Å². The molecule has 1 rings (SSSR count). The Hall–Kier alpha value is 0.270. The van der Waals surface area contributed by atoms with Crippen LogP contribution in [0.2, 0.25) is 0 Å². The summed E-state index contributed by atoms with van der Waals surface area (Å²) in [5.74, 6) is 1.68. The van der Waals surface area contributed by atoms with E-state index in [1.54, 1.807) is 0 Å². The molecule has 1 fully saturated rings. The molecule has 1 saturated carbocycles. The fourth-order valence-electron chi connectivity index (χ4n) is 1.97. The van der Waals surface area contributed by atoms with Crippen LogP contribution in [0, 0.1) is 5.92 Å². The molecule has 1 atom stereocenters. The maximum absolute atomic E-state index is 8.97. The van der Waals surface area contributed by atoms with Crippen molar-refractivity contribution in [1.82, 2.24) is 4.90 Å². The lowest BCUT2D eigenvalue weighted by atomic mass is 10.1. The largest absolute Gasteiger partial charge is 0.395 e. The minimum absolute atomic E-state index is 0.294. The standard InChI is InChI=1S/C11H23NOS/c1-2-3-10(9-14)8-12(6-7-13)11-4-5-11/h10-11,13-14H,2-9H2,1H3. The lowest BCUT2D eigenvalue weighted by molar-refractivity contribution is 0.170. The third-order valence-corrected chi connectivity index (χ3v) is 3.41. The van der Waals surface area contributed by atoms with Gasteiger partial charge < -0.3 is 5.11 Å². The summed E-state index contributed by atoms with van der Waals surface area (Å²) >= 11 is 4.39. The van der Waals surface area contributed by atoms with Gasteiger partial charge in [0, 0.05) is 19.1 Å². The zero-order valence-electron chi connectivity index (χ0n) is 9.15. The van der Waals surface area contributed by atoms with Crippen LogP contribution in [0.1, 0.15) is 32.6 Å². The van der Waals surface area contributed by atoms with Gasteiger partial charge in [-0.1, -0.05) is 13.3 Å². The first kappa shape index (κ1) is 12.3. The molecule has 1 unspecified atom stereocenters. The van der Waals surface area contributed by atoms with Crippen molar-refractivity contribution in [3.05, 3.63) is 0 Å². The molecule has 0 radical (unpaired) electrons. The molecule has 0 heterocycles. The SMILES string of the molecule is CCCC(CS)CN(CCO)C1CC1. The van der Waals surface area contributed by atoms with Crippen molar-refractivity contribution >= 4 is 12.6 Å². The number of nitrogens with zero attached hydrogens (tertiary/aromatic N) is 1. The molecule has 0 bridgehead atoms. The average molecular weight is 217 g/mol. The third kappa shape index (κ3) is 4.20. The average Bonchev–Trinajstić information content (AvgIpc) is 2.99. The highest BCUT2D eigenvalue weighted by Crippen LogP contribution is 2.27. The Balaban J connectivity index is 2.27. The number of hydrogen-bond donors (Lipinski definition) is 2. The molecule has 1 N–H and O–H groups in total. The first-order valence-electron chi connectivity index (χ1n) is 5.77. The lowest BCUT2D eigenvalue weighted by Crippen LogP contribution is -2.34. The summed E-state index contributed by atoms with van der Waals surface area (Å²) in [6.45, 7) is 4.49. The summed E-state index contributed by atoms with van der Waals surface area (Å²) < 4.78 is 0. The number of thiol groups is 1. The van der Waals surface area contributed by atoms with Crippen molar-refractivity contribution in [2.45, 2.75) is 38.6 Å². The fraction of sp³-hybridized carbons (Fsp3) is 1.00. The van der Waals surface area contributed by atoms with Crippen LogP contribution in [0.5, 0.6) is 0 Å². The molecule has 0 aromatic heterocycles. The molecule has 0 aliphatic heterocycles. The van der Waals surface area contributed by atoms with Gasteiger partial charge in [-0.05, 0) is 30.9 Å². The number of aliphatic hydroxyl groups excluding tert-OH is 1. The highest BCUT2D eigenvalue weighted by molar-refractivity contribution is 7.80. The Labute approximate surface area is 93.1 Å². The van der Waals surface area contributed by atoms with Gasteiger partial charge in [-0.15, -0.1) is 0 Å². The Bertz CT molecular complexity index is 150. The van der Waals surface area contributed by atoms with E-state index in [9.17, 15) is 0 Å². The van der Waals surface area contributed by atoms with Crippen molar-refractivity contribution in [3.8, 4) is 0 Å². The lowest BCUT2D eigenvalue weighted by Gasteiger charge is -2.25. The molecule has 14 heavy (non-hydrogen) atoms. The first-order valence-corrected chi connectivity index (χ1v) is 6.40. The molecule has 0 amide bonds. The Kier molecular flexibility index (Phi) is 5.90. The highest BCUT2D eigenvalue weighted by atomic mass is 32.1. The molecule has 0 aromatic rings. The van der Waals surface area contributed by atoms with Gasteiger partial charge >= 0.3 is 0 Å². The second-order valence-corrected chi connectivity index (χ2v) is 4.65. The van der Waals surface area contributed by atoms with E-state index in [0.29, 0.717) is 12.5 Å². The number of aliphatic hydroxyl groups is 1. The normalized spacial score (nSPS) is 18.9. The van der Waals surface area contributed by atoms with Crippen LogP contribution in [-0.4, -0.2) is 41.5 Å². The number of rotatable bonds is 8. The highest BCUT2D eigenvalue weighted by Gasteiger charge is 2.29. The molecule has 1 aliphatic carbocycles. The van der Waals surface area contributed by atoms with E-state index in [0.717, 1.165) is 24.9 Å². The maximum Gasteiger partial charge on any atom is 0.0558 e. The van der Waals surface area contributed by atoms with Crippen LogP contribution in [0.25, 0.3) is 0 Å². The van der Waals surface area contributed by atoms with E-state index in [1.807, 2.05) is 0 Å². The summed E-state index contributed by atoms with van der Waals surface area (Å²) in [6.07, 6.45) is 5.15. The number of hydrogen-bond acceptors (Lipinski definition) is 3. The quantitative estimate of drug-likeness (QED) is 0.606. The second kappa shape index (κ2) is 6.70. The topological polar surface area (TPSA) is 23.5 Å². The summed E-state index contributed by atoms with van der Waals surface area (Å²) in [7, 11) is 0. The van der Waals surface area contributed by atoms with Crippen molar-refractivity contribution < 1.29 is 5.11 Å². The summed E-state index contributed by atoms with van der Waals surface area (Å²) in [5.41, 5.74) is 0. The maximum atomic E-state index is 8.97. The summed E-state index contributed by atoms with van der Waals surface area (Å²) in [6, 6.07) is 0.765. The zero-order chi connectivity index (χ0) is 10.4. The van der Waals surface area contributed by atoms with Crippen LogP contribution in [0.3, 0.4) is 0 Å². The molecule has 0 aromatic carbocycles. The Morgan fingerprint density at radius 1 is 1.50 bits per heavy atom. The summed E-state index contributed by atoms with van der Waals surface area (Å²) in [4.78, 5) is 2.44. The van der Waals surface area contributed by atoms with Crippen molar-refractivity contribution in [1.29, 1.82) is 0 Å².